The number of hydrogen-bond donors (Lipinski definition) is 0. The first-order valence-corrected chi connectivity index (χ1v) is 8.50. The lowest BCUT2D eigenvalue weighted by Gasteiger charge is -2.25. The van der Waals surface area contributed by atoms with Crippen molar-refractivity contribution >= 4 is 11.7 Å². The third kappa shape index (κ3) is 4.69. The largest absolute Gasteiger partial charge is 0.423 e. The summed E-state index contributed by atoms with van der Waals surface area (Å²) in [6.45, 7) is 12.6. The number of carbonyl (C=O) groups excluding carboxylic acids is 1. The van der Waals surface area contributed by atoms with Crippen molar-refractivity contribution in [3.63, 3.8) is 0 Å². The lowest BCUT2D eigenvalue weighted by Crippen LogP contribution is -2.19. The van der Waals surface area contributed by atoms with Crippen LogP contribution in [0, 0.1) is 10.1 Å². The Bertz CT molecular complexity index is 792. The van der Waals surface area contributed by atoms with Crippen LogP contribution in [0.15, 0.2) is 42.5 Å². The van der Waals surface area contributed by atoms with E-state index >= 15 is 0 Å². The number of ether oxygens (including phenoxy) is 1. The zero-order chi connectivity index (χ0) is 19.7. The molecule has 2 aromatic rings. The number of benzene rings is 2. The molecule has 138 valence electrons. The first kappa shape index (κ1) is 19.6. The Morgan fingerprint density at radius 1 is 0.885 bits per heavy atom. The fraction of sp³-hybridized carbons (Fsp3) is 0.381. The maximum atomic E-state index is 12.6. The van der Waals surface area contributed by atoms with E-state index in [-0.39, 0.29) is 22.3 Å². The third-order valence-corrected chi connectivity index (χ3v) is 4.16. The lowest BCUT2D eigenvalue weighted by atomic mass is 9.79. The maximum Gasteiger partial charge on any atom is 0.343 e. The molecule has 0 fully saturated rings. The van der Waals surface area contributed by atoms with Crippen LogP contribution in [0.3, 0.4) is 0 Å². The summed E-state index contributed by atoms with van der Waals surface area (Å²) in [5, 5.41) is 10.7. The van der Waals surface area contributed by atoms with Crippen LogP contribution in [0.25, 0.3) is 0 Å². The molecular weight excluding hydrogens is 330 g/mol. The molecule has 5 heteroatoms. The Morgan fingerprint density at radius 2 is 1.35 bits per heavy atom. The molecule has 5 nitrogen and oxygen atoms in total. The molecule has 26 heavy (non-hydrogen) atoms. The topological polar surface area (TPSA) is 69.4 Å². The highest BCUT2D eigenvalue weighted by Gasteiger charge is 2.23. The van der Waals surface area contributed by atoms with Crippen molar-refractivity contribution in [1.82, 2.24) is 0 Å². The molecule has 2 aromatic carbocycles. The number of carbonyl (C=O) groups is 1. The molecule has 0 aliphatic carbocycles. The molecule has 0 bridgehead atoms. The van der Waals surface area contributed by atoms with Gasteiger partial charge in [0.15, 0.2) is 0 Å². The predicted molar refractivity (Wildman–Crippen MR) is 102 cm³/mol. The van der Waals surface area contributed by atoms with Crippen LogP contribution in [-0.2, 0) is 10.8 Å². The van der Waals surface area contributed by atoms with Crippen molar-refractivity contribution in [3.8, 4) is 5.75 Å². The molecule has 0 aliphatic rings. The number of esters is 1. The molecule has 0 saturated carbocycles. The van der Waals surface area contributed by atoms with Crippen LogP contribution in [0.5, 0.6) is 5.75 Å². The van der Waals surface area contributed by atoms with Gasteiger partial charge < -0.3 is 4.74 Å². The second-order valence-corrected chi connectivity index (χ2v) is 8.44. The van der Waals surface area contributed by atoms with Gasteiger partial charge in [-0.25, -0.2) is 4.79 Å². The van der Waals surface area contributed by atoms with Crippen molar-refractivity contribution in [2.24, 2.45) is 0 Å². The zero-order valence-electron chi connectivity index (χ0n) is 16.1. The number of rotatable bonds is 3. The summed E-state index contributed by atoms with van der Waals surface area (Å²) in [5.41, 5.74) is 2.32. The molecule has 0 unspecified atom stereocenters. The second kappa shape index (κ2) is 6.90. The van der Waals surface area contributed by atoms with E-state index in [2.05, 4.69) is 47.6 Å². The van der Waals surface area contributed by atoms with Crippen LogP contribution < -0.4 is 4.74 Å². The van der Waals surface area contributed by atoms with Crippen LogP contribution in [0.4, 0.5) is 5.69 Å². The summed E-state index contributed by atoms with van der Waals surface area (Å²) in [7, 11) is 0. The number of non-ortho nitro benzene ring substituents is 1. The molecule has 0 atom stereocenters. The molecule has 0 saturated heterocycles. The Morgan fingerprint density at radius 3 is 1.73 bits per heavy atom. The smallest absolute Gasteiger partial charge is 0.343 e. The maximum absolute atomic E-state index is 12.6. The summed E-state index contributed by atoms with van der Waals surface area (Å²) in [6, 6.07) is 11.3. The van der Waals surface area contributed by atoms with E-state index in [0.29, 0.717) is 5.56 Å². The Balaban J connectivity index is 2.37. The first-order valence-electron chi connectivity index (χ1n) is 8.50. The second-order valence-electron chi connectivity index (χ2n) is 8.44. The van der Waals surface area contributed by atoms with Crippen molar-refractivity contribution < 1.29 is 14.5 Å². The van der Waals surface area contributed by atoms with Gasteiger partial charge >= 0.3 is 5.97 Å². The summed E-state index contributed by atoms with van der Waals surface area (Å²) in [5.74, 6) is -0.200. The van der Waals surface area contributed by atoms with Crippen molar-refractivity contribution in [3.05, 3.63) is 69.3 Å². The monoisotopic (exact) mass is 355 g/mol. The Kier molecular flexibility index (Phi) is 5.21. The minimum atomic E-state index is -0.492. The van der Waals surface area contributed by atoms with Gasteiger partial charge in [0, 0.05) is 12.1 Å². The molecule has 0 aromatic heterocycles. The van der Waals surface area contributed by atoms with E-state index in [1.807, 2.05) is 12.1 Å². The van der Waals surface area contributed by atoms with Gasteiger partial charge in [-0.3, -0.25) is 10.1 Å². The van der Waals surface area contributed by atoms with E-state index in [1.54, 1.807) is 0 Å². The van der Waals surface area contributed by atoms with Gasteiger partial charge in [-0.2, -0.15) is 0 Å². The highest BCUT2D eigenvalue weighted by atomic mass is 16.6. The van der Waals surface area contributed by atoms with E-state index in [9.17, 15) is 14.9 Å². The van der Waals surface area contributed by atoms with Crippen molar-refractivity contribution in [2.45, 2.75) is 52.4 Å². The molecule has 0 spiro atoms. The van der Waals surface area contributed by atoms with Gasteiger partial charge in [0.1, 0.15) is 5.75 Å². The molecule has 0 radical (unpaired) electrons. The van der Waals surface area contributed by atoms with Crippen LogP contribution in [0.1, 0.15) is 63.0 Å². The first-order chi connectivity index (χ1) is 11.9. The number of nitro benzene ring substituents is 1. The fourth-order valence-electron chi connectivity index (χ4n) is 2.41. The van der Waals surface area contributed by atoms with Gasteiger partial charge in [-0.05, 0) is 46.2 Å². The summed E-state index contributed by atoms with van der Waals surface area (Å²) in [4.78, 5) is 22.9. The van der Waals surface area contributed by atoms with E-state index < -0.39 is 10.9 Å². The van der Waals surface area contributed by atoms with Crippen LogP contribution >= 0.6 is 0 Å². The average Bonchev–Trinajstić information content (AvgIpc) is 2.53. The normalized spacial score (nSPS) is 11.9. The summed E-state index contributed by atoms with van der Waals surface area (Å²) in [6.07, 6.45) is 0. The average molecular weight is 355 g/mol. The van der Waals surface area contributed by atoms with Gasteiger partial charge in [0.2, 0.25) is 0 Å². The molecule has 2 rings (SSSR count). The third-order valence-electron chi connectivity index (χ3n) is 4.16. The van der Waals surface area contributed by atoms with E-state index in [4.69, 9.17) is 4.74 Å². The number of nitro groups is 1. The predicted octanol–water partition coefficient (Wildman–Crippen LogP) is 5.41. The number of hydrogen-bond acceptors (Lipinski definition) is 4. The van der Waals surface area contributed by atoms with Crippen molar-refractivity contribution in [2.75, 3.05) is 0 Å². The Hall–Kier alpha value is -2.69. The standard InChI is InChI=1S/C21H25NO4/c1-20(2,3)15-11-14(12-16(13-15)21(4,5)6)19(23)26-18-9-7-17(8-10-18)22(24)25/h7-13H,1-6H3. The highest BCUT2D eigenvalue weighted by molar-refractivity contribution is 5.91. The Labute approximate surface area is 154 Å². The fourth-order valence-corrected chi connectivity index (χ4v) is 2.41. The van der Waals surface area contributed by atoms with E-state index in [1.165, 1.54) is 24.3 Å². The van der Waals surface area contributed by atoms with Gasteiger partial charge in [0.05, 0.1) is 10.5 Å². The lowest BCUT2D eigenvalue weighted by molar-refractivity contribution is -0.384. The summed E-state index contributed by atoms with van der Waals surface area (Å²) >= 11 is 0. The molecule has 0 amide bonds. The van der Waals surface area contributed by atoms with Crippen LogP contribution in [0.2, 0.25) is 0 Å². The van der Waals surface area contributed by atoms with Gasteiger partial charge in [-0.15, -0.1) is 0 Å². The molecule has 0 heterocycles. The number of nitrogens with zero attached hydrogens (tertiary/aromatic N) is 1. The highest BCUT2D eigenvalue weighted by Crippen LogP contribution is 2.31. The molecule has 0 aliphatic heterocycles. The van der Waals surface area contributed by atoms with Gasteiger partial charge in [-0.1, -0.05) is 47.6 Å². The molecular formula is C21H25NO4. The quantitative estimate of drug-likeness (QED) is 0.319. The van der Waals surface area contributed by atoms with Gasteiger partial charge in [0.25, 0.3) is 5.69 Å². The van der Waals surface area contributed by atoms with Crippen molar-refractivity contribution in [1.29, 1.82) is 0 Å². The molecule has 0 N–H and O–H groups in total. The summed E-state index contributed by atoms with van der Waals surface area (Å²) < 4.78 is 5.41. The minimum absolute atomic E-state index is 0.0467. The minimum Gasteiger partial charge on any atom is -0.423 e. The SMILES string of the molecule is CC(C)(C)c1cc(C(=O)Oc2ccc([N+](=O)[O-])cc2)cc(C(C)(C)C)c1. The van der Waals surface area contributed by atoms with Crippen LogP contribution in [-0.4, -0.2) is 10.9 Å². The van der Waals surface area contributed by atoms with E-state index in [0.717, 1.165) is 11.1 Å². The zero-order valence-corrected chi connectivity index (χ0v) is 16.1.